The highest BCUT2D eigenvalue weighted by atomic mass is 28.4. The van der Waals surface area contributed by atoms with E-state index < -0.39 is 17.6 Å². The van der Waals surface area contributed by atoms with E-state index in [9.17, 15) is 4.79 Å². The fourth-order valence-corrected chi connectivity index (χ4v) is 10.8. The Morgan fingerprint density at radius 2 is 0.737 bits per heavy atom. The lowest BCUT2D eigenvalue weighted by Crippen LogP contribution is -2.49. The fourth-order valence-electron chi connectivity index (χ4n) is 5.04. The summed E-state index contributed by atoms with van der Waals surface area (Å²) in [5.41, 5.74) is 0.589. The van der Waals surface area contributed by atoms with Crippen LogP contribution in [-0.2, 0) is 31.4 Å². The van der Waals surface area contributed by atoms with Gasteiger partial charge in [-0.3, -0.25) is 4.79 Å². The van der Waals surface area contributed by atoms with Crippen molar-refractivity contribution in [1.82, 2.24) is 0 Å². The lowest BCUT2D eigenvalue weighted by Gasteiger charge is -2.33. The van der Waals surface area contributed by atoms with Crippen molar-refractivity contribution >= 4 is 23.4 Å². The second-order valence-corrected chi connectivity index (χ2v) is 16.2. The molecule has 0 heterocycles. The normalized spacial score (nSPS) is 14.1. The zero-order valence-corrected chi connectivity index (χ0v) is 28.2. The second-order valence-electron chi connectivity index (χ2n) is 10.1. The van der Waals surface area contributed by atoms with E-state index in [1.165, 1.54) is 0 Å². The summed E-state index contributed by atoms with van der Waals surface area (Å²) in [6, 6.07) is 0. The monoisotopic (exact) mass is 578 g/mol. The van der Waals surface area contributed by atoms with Gasteiger partial charge >= 0.3 is 17.6 Å². The zero-order chi connectivity index (χ0) is 28.7. The minimum absolute atomic E-state index is 0.295. The number of carbonyl (C=O) groups is 1. The maximum atomic E-state index is 12.3. The van der Waals surface area contributed by atoms with Crippen molar-refractivity contribution in [3.05, 3.63) is 0 Å². The molecule has 0 spiro atoms. The molecular weight excluding hydrogens is 516 g/mol. The molecule has 0 aromatic rings. The van der Waals surface area contributed by atoms with Crippen LogP contribution in [-0.4, -0.2) is 63.0 Å². The molecule has 0 fully saturated rings. The minimum Gasteiger partial charge on any atom is -0.374 e. The van der Waals surface area contributed by atoms with Crippen LogP contribution in [0.3, 0.4) is 0 Å². The van der Waals surface area contributed by atoms with Crippen molar-refractivity contribution in [2.24, 2.45) is 0 Å². The predicted molar refractivity (Wildman–Crippen MR) is 161 cm³/mol. The molecule has 0 rings (SSSR count). The van der Waals surface area contributed by atoms with Gasteiger partial charge in [0.1, 0.15) is 5.78 Å². The number of Topliss-reactive ketones (excluding diaryl/α,β-unsaturated/α-hetero) is 1. The van der Waals surface area contributed by atoms with E-state index >= 15 is 0 Å². The fraction of sp³-hybridized carbons (Fsp3) is 0.966. The predicted octanol–water partition coefficient (Wildman–Crippen LogP) is 8.11. The van der Waals surface area contributed by atoms with Crippen LogP contribution in [0.15, 0.2) is 0 Å². The van der Waals surface area contributed by atoms with Gasteiger partial charge in [-0.05, 0) is 67.2 Å². The van der Waals surface area contributed by atoms with Gasteiger partial charge < -0.3 is 26.6 Å². The summed E-state index contributed by atoms with van der Waals surface area (Å²) in [5, 5.41) is 0. The summed E-state index contributed by atoms with van der Waals surface area (Å²) in [5.74, 6) is 0.414. The Bertz CT molecular complexity index is 485. The Morgan fingerprint density at radius 3 is 1.00 bits per heavy atom. The quantitative estimate of drug-likeness (QED) is 0.0685. The number of carbonyl (C=O) groups excluding carboxylic acids is 1. The molecule has 0 saturated carbocycles. The standard InChI is InChI=1S/C29H62O7Si2/c1-9-31-37(32-10-2,33-11-3)27(7)23-19-15-17-21-25-29(30)26-22-18-16-20-24-28(8)38(34-12-4,35-13-5)36-14-6/h27-28H,9-26H2,1-8H3. The van der Waals surface area contributed by atoms with Crippen LogP contribution < -0.4 is 0 Å². The summed E-state index contributed by atoms with van der Waals surface area (Å²) in [6.45, 7) is 20.2. The van der Waals surface area contributed by atoms with E-state index in [4.69, 9.17) is 26.6 Å². The zero-order valence-electron chi connectivity index (χ0n) is 26.2. The molecule has 2 unspecified atom stereocenters. The van der Waals surface area contributed by atoms with Crippen molar-refractivity contribution in [2.45, 2.75) is 144 Å². The second kappa shape index (κ2) is 23.6. The lowest BCUT2D eigenvalue weighted by molar-refractivity contribution is -0.119. The van der Waals surface area contributed by atoms with Crippen molar-refractivity contribution in [1.29, 1.82) is 0 Å². The molecule has 0 aliphatic heterocycles. The Kier molecular flexibility index (Phi) is 23.5. The molecule has 0 amide bonds. The van der Waals surface area contributed by atoms with Crippen LogP contribution >= 0.6 is 0 Å². The third-order valence-electron chi connectivity index (χ3n) is 6.97. The molecule has 7 nitrogen and oxygen atoms in total. The van der Waals surface area contributed by atoms with Gasteiger partial charge in [0.2, 0.25) is 0 Å². The summed E-state index contributed by atoms with van der Waals surface area (Å²) in [4.78, 5) is 12.3. The van der Waals surface area contributed by atoms with Crippen molar-refractivity contribution in [3.8, 4) is 0 Å². The highest BCUT2D eigenvalue weighted by molar-refractivity contribution is 6.62. The van der Waals surface area contributed by atoms with Gasteiger partial charge in [-0.25, -0.2) is 0 Å². The molecule has 2 atom stereocenters. The first-order valence-corrected chi connectivity index (χ1v) is 19.3. The Balaban J connectivity index is 4.08. The van der Waals surface area contributed by atoms with E-state index in [-0.39, 0.29) is 0 Å². The Hall–Kier alpha value is -0.136. The lowest BCUT2D eigenvalue weighted by atomic mass is 10.0. The highest BCUT2D eigenvalue weighted by Crippen LogP contribution is 2.32. The van der Waals surface area contributed by atoms with Crippen LogP contribution in [0.5, 0.6) is 0 Å². The molecule has 0 bridgehead atoms. The van der Waals surface area contributed by atoms with Crippen LogP contribution in [0.2, 0.25) is 11.1 Å². The SMILES string of the molecule is CCO[Si](OCC)(OCC)C(C)CCCCCCC(=O)CCCCCCC(C)[Si](OCC)(OCC)OCC. The average molecular weight is 579 g/mol. The maximum absolute atomic E-state index is 12.3. The van der Waals surface area contributed by atoms with Gasteiger partial charge in [-0.15, -0.1) is 0 Å². The van der Waals surface area contributed by atoms with Crippen LogP contribution in [0.25, 0.3) is 0 Å². The Morgan fingerprint density at radius 1 is 0.474 bits per heavy atom. The Labute approximate surface area is 237 Å². The van der Waals surface area contributed by atoms with Gasteiger partial charge in [0.15, 0.2) is 0 Å². The molecule has 38 heavy (non-hydrogen) atoms. The number of unbranched alkanes of at least 4 members (excludes halogenated alkanes) is 6. The van der Waals surface area contributed by atoms with E-state index in [1.807, 2.05) is 41.5 Å². The number of ketones is 1. The molecular formula is C29H62O7Si2. The third-order valence-corrected chi connectivity index (χ3v) is 14.1. The largest absolute Gasteiger partial charge is 0.503 e. The topological polar surface area (TPSA) is 72.5 Å². The molecule has 0 aliphatic rings. The first-order chi connectivity index (χ1) is 18.3. The van der Waals surface area contributed by atoms with Crippen LogP contribution in [0.4, 0.5) is 0 Å². The molecule has 0 aliphatic carbocycles. The molecule has 0 aromatic carbocycles. The molecule has 0 aromatic heterocycles. The van der Waals surface area contributed by atoms with Crippen LogP contribution in [0.1, 0.15) is 132 Å². The summed E-state index contributed by atoms with van der Waals surface area (Å²) < 4.78 is 36.2. The maximum Gasteiger partial charge on any atom is 0.503 e. The minimum atomic E-state index is -2.61. The summed E-state index contributed by atoms with van der Waals surface area (Å²) in [6.07, 6.45) is 12.2. The molecule has 0 radical (unpaired) electrons. The smallest absolute Gasteiger partial charge is 0.374 e. The van der Waals surface area contributed by atoms with E-state index in [1.54, 1.807) is 0 Å². The van der Waals surface area contributed by atoms with E-state index in [2.05, 4.69) is 13.8 Å². The van der Waals surface area contributed by atoms with Gasteiger partial charge in [-0.2, -0.15) is 0 Å². The third kappa shape index (κ3) is 15.0. The van der Waals surface area contributed by atoms with Crippen molar-refractivity contribution in [2.75, 3.05) is 39.6 Å². The van der Waals surface area contributed by atoms with E-state index in [0.29, 0.717) is 69.3 Å². The number of hydrogen-bond acceptors (Lipinski definition) is 7. The average Bonchev–Trinajstić information content (AvgIpc) is 2.88. The summed E-state index contributed by atoms with van der Waals surface area (Å²) >= 11 is 0. The highest BCUT2D eigenvalue weighted by Gasteiger charge is 2.47. The molecule has 0 N–H and O–H groups in total. The van der Waals surface area contributed by atoms with Gasteiger partial charge in [0.05, 0.1) is 0 Å². The molecule has 228 valence electrons. The molecule has 0 saturated heterocycles. The van der Waals surface area contributed by atoms with Crippen molar-refractivity contribution < 1.29 is 31.4 Å². The first kappa shape index (κ1) is 37.9. The van der Waals surface area contributed by atoms with Gasteiger partial charge in [0.25, 0.3) is 0 Å². The van der Waals surface area contributed by atoms with Gasteiger partial charge in [-0.1, -0.05) is 52.4 Å². The summed E-state index contributed by atoms with van der Waals surface area (Å²) in [7, 11) is -5.22. The first-order valence-electron chi connectivity index (χ1n) is 15.7. The van der Waals surface area contributed by atoms with Gasteiger partial charge in [0, 0.05) is 63.6 Å². The molecule has 9 heteroatoms. The van der Waals surface area contributed by atoms with E-state index in [0.717, 1.165) is 64.2 Å². The van der Waals surface area contributed by atoms with Crippen LogP contribution in [0, 0.1) is 0 Å². The number of hydrogen-bond donors (Lipinski definition) is 0. The van der Waals surface area contributed by atoms with Crippen molar-refractivity contribution in [3.63, 3.8) is 0 Å². The number of rotatable bonds is 28.